The summed E-state index contributed by atoms with van der Waals surface area (Å²) < 4.78 is 4.66. The quantitative estimate of drug-likeness (QED) is 0.190. The number of nitrogens with one attached hydrogen (secondary N) is 1. The Morgan fingerprint density at radius 1 is 0.708 bits per heavy atom. The molecule has 0 bridgehead atoms. The molecule has 0 atom stereocenters. The van der Waals surface area contributed by atoms with E-state index in [2.05, 4.69) is 17.0 Å². The van der Waals surface area contributed by atoms with Crippen LogP contribution in [0.5, 0.6) is 0 Å². The number of esters is 2. The molecule has 0 aromatic rings. The van der Waals surface area contributed by atoms with Crippen LogP contribution < -0.4 is 5.32 Å². The van der Waals surface area contributed by atoms with Crippen molar-refractivity contribution in [2.24, 2.45) is 0 Å². The van der Waals surface area contributed by atoms with Gasteiger partial charge in [-0.1, -0.05) is 84.0 Å². The molecule has 0 aromatic heterocycles. The molecular weight excluding hydrogens is 330 g/mol. The second-order valence-electron chi connectivity index (χ2n) is 6.37. The molecule has 24 heavy (non-hydrogen) atoms. The average molecular weight is 368 g/mol. The van der Waals surface area contributed by atoms with Crippen LogP contribution in [0.15, 0.2) is 0 Å². The zero-order chi connectivity index (χ0) is 17.2. The first-order chi connectivity index (χ1) is 11.2. The first-order valence-electron chi connectivity index (χ1n) is 9.58. The van der Waals surface area contributed by atoms with Gasteiger partial charge in [0.2, 0.25) is 0 Å². The third kappa shape index (κ3) is 20.4. The van der Waals surface area contributed by atoms with E-state index in [1.807, 2.05) is 0 Å². The molecule has 0 aliphatic heterocycles. The van der Waals surface area contributed by atoms with Crippen LogP contribution in [-0.2, 0) is 14.3 Å². The van der Waals surface area contributed by atoms with Crippen LogP contribution in [0.25, 0.3) is 0 Å². The SMILES string of the molecule is CCCCCCCCCCCCCCCC(=O)OC(=O)CNC.[Ca]. The summed E-state index contributed by atoms with van der Waals surface area (Å²) in [4.78, 5) is 22.4. The molecule has 0 aliphatic rings. The summed E-state index contributed by atoms with van der Waals surface area (Å²) in [5.41, 5.74) is 0. The summed E-state index contributed by atoms with van der Waals surface area (Å²) >= 11 is 0. The van der Waals surface area contributed by atoms with Crippen molar-refractivity contribution in [1.29, 1.82) is 0 Å². The molecule has 0 saturated carbocycles. The predicted molar refractivity (Wildman–Crippen MR) is 101 cm³/mol. The van der Waals surface area contributed by atoms with Crippen LogP contribution in [-0.4, -0.2) is 63.3 Å². The van der Waals surface area contributed by atoms with E-state index >= 15 is 0 Å². The van der Waals surface area contributed by atoms with Crippen molar-refractivity contribution in [2.45, 2.75) is 96.8 Å². The van der Waals surface area contributed by atoms with Crippen LogP contribution in [0.1, 0.15) is 96.8 Å². The van der Waals surface area contributed by atoms with Gasteiger partial charge in [0, 0.05) is 44.2 Å². The molecule has 0 saturated heterocycles. The van der Waals surface area contributed by atoms with Gasteiger partial charge in [-0.05, 0) is 13.5 Å². The first kappa shape index (κ1) is 26.6. The summed E-state index contributed by atoms with van der Waals surface area (Å²) in [6.07, 6.45) is 17.0. The second kappa shape index (κ2) is 21.4. The van der Waals surface area contributed by atoms with Crippen LogP contribution in [0.3, 0.4) is 0 Å². The Balaban J connectivity index is 0. The molecule has 0 amide bonds. The van der Waals surface area contributed by atoms with Crippen molar-refractivity contribution in [2.75, 3.05) is 13.6 Å². The van der Waals surface area contributed by atoms with E-state index in [1.54, 1.807) is 7.05 Å². The fourth-order valence-electron chi connectivity index (χ4n) is 2.65. The molecule has 0 heterocycles. The van der Waals surface area contributed by atoms with Gasteiger partial charge in [-0.2, -0.15) is 0 Å². The fraction of sp³-hybridized carbons (Fsp3) is 0.895. The van der Waals surface area contributed by atoms with E-state index in [9.17, 15) is 9.59 Å². The van der Waals surface area contributed by atoms with Crippen molar-refractivity contribution in [1.82, 2.24) is 5.32 Å². The Morgan fingerprint density at radius 2 is 1.12 bits per heavy atom. The Hall–Kier alpha value is 0.360. The average Bonchev–Trinajstić information content (AvgIpc) is 2.52. The van der Waals surface area contributed by atoms with Gasteiger partial charge in [0.1, 0.15) is 0 Å². The van der Waals surface area contributed by atoms with Crippen molar-refractivity contribution in [3.63, 3.8) is 0 Å². The normalized spacial score (nSPS) is 10.2. The Morgan fingerprint density at radius 3 is 1.54 bits per heavy atom. The van der Waals surface area contributed by atoms with Gasteiger partial charge in [-0.25, -0.2) is 0 Å². The summed E-state index contributed by atoms with van der Waals surface area (Å²) in [7, 11) is 1.65. The zero-order valence-corrected chi connectivity index (χ0v) is 18.2. The number of likely N-dealkylation sites (N-methyl/N-ethyl adjacent to an activating group) is 1. The maximum Gasteiger partial charge on any atom is 0.327 e. The number of carbonyl (C=O) groups is 2. The van der Waals surface area contributed by atoms with Crippen LogP contribution >= 0.6 is 0 Å². The molecule has 2 radical (unpaired) electrons. The van der Waals surface area contributed by atoms with Crippen molar-refractivity contribution in [3.8, 4) is 0 Å². The number of rotatable bonds is 16. The predicted octanol–water partition coefficient (Wildman–Crippen LogP) is 4.38. The molecule has 0 aromatic carbocycles. The second-order valence-corrected chi connectivity index (χ2v) is 6.37. The standard InChI is InChI=1S/C19H37NO3.Ca/c1-3-4-5-6-7-8-9-10-11-12-13-14-15-16-18(21)23-19(22)17-20-2;/h20H,3-17H2,1-2H3;. The van der Waals surface area contributed by atoms with Crippen LogP contribution in [0.2, 0.25) is 0 Å². The summed E-state index contributed by atoms with van der Waals surface area (Å²) in [5, 5.41) is 2.66. The van der Waals surface area contributed by atoms with E-state index < -0.39 is 11.9 Å². The molecular formula is C19H37CaNO3. The number of ether oxygens (including phenoxy) is 1. The molecule has 0 aliphatic carbocycles. The van der Waals surface area contributed by atoms with E-state index in [0.717, 1.165) is 12.8 Å². The smallest absolute Gasteiger partial charge is 0.327 e. The minimum atomic E-state index is -0.493. The molecule has 1 N–H and O–H groups in total. The molecule has 4 nitrogen and oxygen atoms in total. The van der Waals surface area contributed by atoms with Gasteiger partial charge >= 0.3 is 11.9 Å². The van der Waals surface area contributed by atoms with Gasteiger partial charge in [0.15, 0.2) is 0 Å². The van der Waals surface area contributed by atoms with Crippen molar-refractivity contribution < 1.29 is 14.3 Å². The van der Waals surface area contributed by atoms with E-state index in [-0.39, 0.29) is 44.3 Å². The molecule has 5 heteroatoms. The maximum absolute atomic E-state index is 11.4. The molecule has 0 spiro atoms. The minimum absolute atomic E-state index is 0. The van der Waals surface area contributed by atoms with Crippen LogP contribution in [0.4, 0.5) is 0 Å². The topological polar surface area (TPSA) is 55.4 Å². The Kier molecular flexibility index (Phi) is 23.7. The van der Waals surface area contributed by atoms with Crippen molar-refractivity contribution >= 4 is 49.7 Å². The summed E-state index contributed by atoms with van der Waals surface area (Å²) in [6, 6.07) is 0. The number of carbonyl (C=O) groups excluding carboxylic acids is 2. The number of unbranched alkanes of at least 4 members (excludes halogenated alkanes) is 12. The maximum atomic E-state index is 11.4. The van der Waals surface area contributed by atoms with Gasteiger partial charge in [0.05, 0.1) is 6.54 Å². The first-order valence-corrected chi connectivity index (χ1v) is 9.58. The molecule has 0 fully saturated rings. The monoisotopic (exact) mass is 367 g/mol. The Labute approximate surface area is 178 Å². The third-order valence-corrected chi connectivity index (χ3v) is 4.03. The van der Waals surface area contributed by atoms with Gasteiger partial charge in [-0.3, -0.25) is 9.59 Å². The zero-order valence-electron chi connectivity index (χ0n) is 16.0. The van der Waals surface area contributed by atoms with Gasteiger partial charge in [0.25, 0.3) is 0 Å². The number of hydrogen-bond donors (Lipinski definition) is 1. The van der Waals surface area contributed by atoms with Gasteiger partial charge < -0.3 is 10.1 Å². The van der Waals surface area contributed by atoms with E-state index in [0.29, 0.717) is 6.42 Å². The van der Waals surface area contributed by atoms with E-state index in [4.69, 9.17) is 0 Å². The molecule has 0 unspecified atom stereocenters. The fourth-order valence-corrected chi connectivity index (χ4v) is 2.65. The summed E-state index contributed by atoms with van der Waals surface area (Å²) in [6.45, 7) is 2.34. The summed E-state index contributed by atoms with van der Waals surface area (Å²) in [5.74, 6) is -0.888. The van der Waals surface area contributed by atoms with E-state index in [1.165, 1.54) is 70.6 Å². The largest absolute Gasteiger partial charge is 0.392 e. The third-order valence-electron chi connectivity index (χ3n) is 4.03. The van der Waals surface area contributed by atoms with Crippen molar-refractivity contribution in [3.05, 3.63) is 0 Å². The molecule has 0 rings (SSSR count). The molecule has 138 valence electrons. The number of hydrogen-bond acceptors (Lipinski definition) is 4. The Bertz CT molecular complexity index is 298. The van der Waals surface area contributed by atoms with Gasteiger partial charge in [-0.15, -0.1) is 0 Å². The van der Waals surface area contributed by atoms with Crippen LogP contribution in [0, 0.1) is 0 Å². The minimum Gasteiger partial charge on any atom is -0.392 e.